The Balaban J connectivity index is 3.91. The van der Waals surface area contributed by atoms with E-state index in [4.69, 9.17) is 10.2 Å². The maximum atomic E-state index is 9.08. The number of hydrogen-bond donors (Lipinski definition) is 2. The lowest BCUT2D eigenvalue weighted by atomic mass is 10.1. The van der Waals surface area contributed by atoms with Gasteiger partial charge in [-0.05, 0) is 20.3 Å². The van der Waals surface area contributed by atoms with Crippen molar-refractivity contribution in [1.29, 1.82) is 0 Å². The topological polar surface area (TPSA) is 40.5 Å². The number of aliphatic hydroxyl groups excluding tert-OH is 1. The Bertz CT molecular complexity index is 145. The van der Waals surface area contributed by atoms with E-state index in [0.717, 1.165) is 0 Å². The second-order valence-corrected chi connectivity index (χ2v) is 2.75. The Labute approximate surface area is 61.9 Å². The summed E-state index contributed by atoms with van der Waals surface area (Å²) in [4.78, 5) is 0. The molecule has 0 aliphatic rings. The lowest BCUT2D eigenvalue weighted by molar-refractivity contribution is 0.142. The van der Waals surface area contributed by atoms with Gasteiger partial charge >= 0.3 is 0 Å². The minimum absolute atomic E-state index is 0.600. The van der Waals surface area contributed by atoms with Gasteiger partial charge in [0, 0.05) is 0 Å². The molecule has 2 heteroatoms. The predicted octanol–water partition coefficient (Wildman–Crippen LogP) is 0.532. The maximum Gasteiger partial charge on any atom is 0.120 e. The Morgan fingerprint density at radius 3 is 2.30 bits per heavy atom. The highest BCUT2D eigenvalue weighted by molar-refractivity contribution is 5.12. The highest BCUT2D eigenvalue weighted by Crippen LogP contribution is 1.97. The molecule has 2 N–H and O–H groups in total. The van der Waals surface area contributed by atoms with E-state index in [2.05, 4.69) is 11.8 Å². The van der Waals surface area contributed by atoms with Gasteiger partial charge in [-0.3, -0.25) is 0 Å². The lowest BCUT2D eigenvalue weighted by Crippen LogP contribution is -2.15. The summed E-state index contributed by atoms with van der Waals surface area (Å²) in [6.45, 7) is 5.01. The van der Waals surface area contributed by atoms with Crippen LogP contribution in [0.1, 0.15) is 27.2 Å². The van der Waals surface area contributed by atoms with E-state index in [1.54, 1.807) is 13.8 Å². The highest BCUT2D eigenvalue weighted by Gasteiger charge is 2.06. The van der Waals surface area contributed by atoms with Crippen LogP contribution < -0.4 is 0 Å². The van der Waals surface area contributed by atoms with Gasteiger partial charge in [0.05, 0.1) is 0 Å². The van der Waals surface area contributed by atoms with Crippen LogP contribution in [0.25, 0.3) is 0 Å². The number of rotatable bonds is 1. The third-order valence-corrected chi connectivity index (χ3v) is 0.931. The Kier molecular flexibility index (Phi) is 3.41. The fourth-order valence-corrected chi connectivity index (χ4v) is 0.362. The maximum absolute atomic E-state index is 9.08. The normalized spacial score (nSPS) is 13.7. The molecule has 1 atom stereocenters. The van der Waals surface area contributed by atoms with Crippen LogP contribution in [0, 0.1) is 11.8 Å². The molecule has 0 aliphatic heterocycles. The Morgan fingerprint density at radius 1 is 1.50 bits per heavy atom. The van der Waals surface area contributed by atoms with Gasteiger partial charge in [-0.2, -0.15) is 0 Å². The van der Waals surface area contributed by atoms with Gasteiger partial charge in [0.25, 0.3) is 0 Å². The van der Waals surface area contributed by atoms with Crippen LogP contribution in [0.15, 0.2) is 0 Å². The van der Waals surface area contributed by atoms with Crippen molar-refractivity contribution in [1.82, 2.24) is 0 Å². The zero-order valence-electron chi connectivity index (χ0n) is 6.68. The summed E-state index contributed by atoms with van der Waals surface area (Å²) in [5.41, 5.74) is -0.990. The third kappa shape index (κ3) is 5.61. The van der Waals surface area contributed by atoms with Crippen molar-refractivity contribution in [2.24, 2.45) is 0 Å². The average molecular weight is 142 g/mol. The molecule has 0 aromatic heterocycles. The molecular weight excluding hydrogens is 128 g/mol. The molecule has 0 fully saturated rings. The van der Waals surface area contributed by atoms with Crippen LogP contribution in [-0.2, 0) is 0 Å². The van der Waals surface area contributed by atoms with Crippen molar-refractivity contribution >= 4 is 0 Å². The second kappa shape index (κ2) is 3.60. The van der Waals surface area contributed by atoms with Gasteiger partial charge in [-0.25, -0.2) is 0 Å². The van der Waals surface area contributed by atoms with E-state index in [-0.39, 0.29) is 0 Å². The fourth-order valence-electron chi connectivity index (χ4n) is 0.362. The summed E-state index contributed by atoms with van der Waals surface area (Å²) in [5.74, 6) is 5.06. The van der Waals surface area contributed by atoms with Crippen LogP contribution in [0.2, 0.25) is 0 Å². The second-order valence-electron chi connectivity index (χ2n) is 2.75. The molecule has 0 aliphatic carbocycles. The van der Waals surface area contributed by atoms with Crippen molar-refractivity contribution in [3.05, 3.63) is 0 Å². The van der Waals surface area contributed by atoms with E-state index in [1.165, 1.54) is 0 Å². The summed E-state index contributed by atoms with van der Waals surface area (Å²) in [6.07, 6.45) is -0.00488. The van der Waals surface area contributed by atoms with E-state index in [9.17, 15) is 0 Å². The highest BCUT2D eigenvalue weighted by atomic mass is 16.3. The van der Waals surface area contributed by atoms with Crippen LogP contribution in [0.3, 0.4) is 0 Å². The first-order valence-electron chi connectivity index (χ1n) is 3.39. The van der Waals surface area contributed by atoms with Crippen molar-refractivity contribution < 1.29 is 10.2 Å². The average Bonchev–Trinajstić information content (AvgIpc) is 1.81. The van der Waals surface area contributed by atoms with Crippen LogP contribution in [0.4, 0.5) is 0 Å². The molecule has 0 bridgehead atoms. The van der Waals surface area contributed by atoms with Crippen molar-refractivity contribution in [2.75, 3.05) is 0 Å². The van der Waals surface area contributed by atoms with Crippen LogP contribution in [0.5, 0.6) is 0 Å². The molecule has 0 rings (SSSR count). The quantitative estimate of drug-likeness (QED) is 0.524. The predicted molar refractivity (Wildman–Crippen MR) is 40.4 cm³/mol. The van der Waals surface area contributed by atoms with E-state index in [1.807, 2.05) is 6.92 Å². The van der Waals surface area contributed by atoms with Crippen molar-refractivity contribution in [2.45, 2.75) is 38.9 Å². The summed E-state index contributed by atoms with van der Waals surface area (Å²) in [6, 6.07) is 0. The largest absolute Gasteiger partial charge is 0.380 e. The molecule has 1 unspecified atom stereocenters. The Hall–Kier alpha value is -0.520. The number of hydrogen-bond acceptors (Lipinski definition) is 2. The molecule has 0 saturated heterocycles. The molecule has 0 amide bonds. The van der Waals surface area contributed by atoms with Crippen molar-refractivity contribution in [3.63, 3.8) is 0 Å². The van der Waals surface area contributed by atoms with Gasteiger partial charge < -0.3 is 10.2 Å². The Morgan fingerprint density at radius 2 is 2.00 bits per heavy atom. The van der Waals surface area contributed by atoms with E-state index in [0.29, 0.717) is 6.42 Å². The van der Waals surface area contributed by atoms with Gasteiger partial charge in [0.1, 0.15) is 11.7 Å². The summed E-state index contributed by atoms with van der Waals surface area (Å²) in [7, 11) is 0. The van der Waals surface area contributed by atoms with Gasteiger partial charge in [-0.15, -0.1) is 0 Å². The molecule has 0 spiro atoms. The zero-order valence-corrected chi connectivity index (χ0v) is 6.68. The summed E-state index contributed by atoms with van der Waals surface area (Å²) in [5, 5.41) is 18.0. The fraction of sp³-hybridized carbons (Fsp3) is 0.750. The molecule has 2 nitrogen and oxygen atoms in total. The van der Waals surface area contributed by atoms with E-state index >= 15 is 0 Å². The molecule has 0 radical (unpaired) electrons. The van der Waals surface area contributed by atoms with Gasteiger partial charge in [0.2, 0.25) is 0 Å². The summed E-state index contributed by atoms with van der Waals surface area (Å²) >= 11 is 0. The SMILES string of the molecule is CCC(O)C#CC(C)(C)O. The minimum Gasteiger partial charge on any atom is -0.380 e. The molecule has 58 valence electrons. The molecule has 0 heterocycles. The first kappa shape index (κ1) is 9.48. The minimum atomic E-state index is -0.990. The van der Waals surface area contributed by atoms with Gasteiger partial charge in [0.15, 0.2) is 0 Å². The zero-order chi connectivity index (χ0) is 8.20. The van der Waals surface area contributed by atoms with Crippen LogP contribution >= 0.6 is 0 Å². The first-order chi connectivity index (χ1) is 4.45. The lowest BCUT2D eigenvalue weighted by Gasteiger charge is -2.06. The molecule has 0 saturated carbocycles. The van der Waals surface area contributed by atoms with Gasteiger partial charge in [-0.1, -0.05) is 18.8 Å². The van der Waals surface area contributed by atoms with Crippen LogP contribution in [-0.4, -0.2) is 21.9 Å². The number of aliphatic hydroxyl groups is 2. The monoisotopic (exact) mass is 142 g/mol. The summed E-state index contributed by atoms with van der Waals surface area (Å²) < 4.78 is 0. The molecule has 10 heavy (non-hydrogen) atoms. The molecule has 0 aromatic rings. The third-order valence-electron chi connectivity index (χ3n) is 0.931. The molecular formula is C8H14O2. The smallest absolute Gasteiger partial charge is 0.120 e. The van der Waals surface area contributed by atoms with Crippen molar-refractivity contribution in [3.8, 4) is 11.8 Å². The first-order valence-corrected chi connectivity index (χ1v) is 3.39. The van der Waals surface area contributed by atoms with E-state index < -0.39 is 11.7 Å². The standard InChI is InChI=1S/C8H14O2/c1-4-7(9)5-6-8(2,3)10/h7,9-10H,4H2,1-3H3. The molecule has 0 aromatic carbocycles.